The lowest BCUT2D eigenvalue weighted by Gasteiger charge is -2.40. The van der Waals surface area contributed by atoms with Crippen molar-refractivity contribution in [1.29, 1.82) is 0 Å². The molecule has 2 amide bonds. The maximum absolute atomic E-state index is 12.5. The van der Waals surface area contributed by atoms with Crippen LogP contribution in [0.15, 0.2) is 0 Å². The van der Waals surface area contributed by atoms with Gasteiger partial charge in [-0.05, 0) is 44.4 Å². The van der Waals surface area contributed by atoms with E-state index in [-0.39, 0.29) is 30.4 Å². The number of hydrogen-bond donors (Lipinski definition) is 1. The van der Waals surface area contributed by atoms with Gasteiger partial charge in [-0.15, -0.1) is 0 Å². The van der Waals surface area contributed by atoms with Crippen LogP contribution >= 0.6 is 0 Å². The van der Waals surface area contributed by atoms with E-state index in [1.54, 1.807) is 4.90 Å². The Kier molecular flexibility index (Phi) is 3.48. The smallest absolute Gasteiger partial charge is 0.246 e. The van der Waals surface area contributed by atoms with Gasteiger partial charge in [-0.2, -0.15) is 0 Å². The quantitative estimate of drug-likeness (QED) is 0.811. The molecule has 2 saturated heterocycles. The van der Waals surface area contributed by atoms with Crippen LogP contribution in [-0.2, 0) is 14.3 Å². The summed E-state index contributed by atoms with van der Waals surface area (Å²) < 4.78 is 5.37. The Bertz CT molecular complexity index is 375. The number of piperazine rings is 1. The maximum Gasteiger partial charge on any atom is 0.246 e. The van der Waals surface area contributed by atoms with Gasteiger partial charge in [0.15, 0.2) is 0 Å². The van der Waals surface area contributed by atoms with Gasteiger partial charge in [-0.3, -0.25) is 9.59 Å². The molecule has 5 nitrogen and oxygen atoms in total. The summed E-state index contributed by atoms with van der Waals surface area (Å²) in [7, 11) is 0. The van der Waals surface area contributed by atoms with E-state index in [1.165, 1.54) is 0 Å². The fourth-order valence-electron chi connectivity index (χ4n) is 3.24. The molecule has 3 aliphatic rings. The first-order valence-corrected chi connectivity index (χ1v) is 7.34. The molecule has 0 aromatic carbocycles. The Morgan fingerprint density at radius 1 is 1.21 bits per heavy atom. The minimum absolute atomic E-state index is 0.00425. The van der Waals surface area contributed by atoms with Crippen LogP contribution in [0, 0.1) is 11.8 Å². The van der Waals surface area contributed by atoms with E-state index in [0.29, 0.717) is 11.8 Å². The zero-order valence-corrected chi connectivity index (χ0v) is 11.4. The second-order valence-electron chi connectivity index (χ2n) is 6.04. The molecular weight excluding hydrogens is 244 g/mol. The van der Waals surface area contributed by atoms with Gasteiger partial charge in [0.2, 0.25) is 11.8 Å². The molecule has 2 unspecified atom stereocenters. The Balaban J connectivity index is 1.70. The zero-order valence-electron chi connectivity index (χ0n) is 11.4. The van der Waals surface area contributed by atoms with E-state index in [1.807, 2.05) is 0 Å². The van der Waals surface area contributed by atoms with Crippen LogP contribution in [0.5, 0.6) is 0 Å². The third kappa shape index (κ3) is 2.61. The van der Waals surface area contributed by atoms with Crippen molar-refractivity contribution in [3.63, 3.8) is 0 Å². The number of nitrogens with zero attached hydrogens (tertiary/aromatic N) is 1. The highest BCUT2D eigenvalue weighted by molar-refractivity contribution is 5.95. The number of carbonyl (C=O) groups excluding carboxylic acids is 2. The molecule has 3 fully saturated rings. The van der Waals surface area contributed by atoms with Crippen LogP contribution in [0.25, 0.3) is 0 Å². The van der Waals surface area contributed by atoms with Crippen LogP contribution in [0.2, 0.25) is 0 Å². The summed E-state index contributed by atoms with van der Waals surface area (Å²) >= 11 is 0. The van der Waals surface area contributed by atoms with Gasteiger partial charge in [0.25, 0.3) is 0 Å². The van der Waals surface area contributed by atoms with Gasteiger partial charge >= 0.3 is 0 Å². The molecule has 2 aliphatic heterocycles. The third-order valence-corrected chi connectivity index (χ3v) is 4.71. The second kappa shape index (κ2) is 5.12. The van der Waals surface area contributed by atoms with Crippen LogP contribution in [0.4, 0.5) is 0 Å². The second-order valence-corrected chi connectivity index (χ2v) is 6.04. The number of carbonyl (C=O) groups is 2. The molecule has 2 atom stereocenters. The number of rotatable bonds is 3. The summed E-state index contributed by atoms with van der Waals surface area (Å²) in [5.41, 5.74) is 0. The van der Waals surface area contributed by atoms with E-state index in [4.69, 9.17) is 4.74 Å². The highest BCUT2D eigenvalue weighted by Crippen LogP contribution is 2.35. The highest BCUT2D eigenvalue weighted by Gasteiger charge is 2.44. The van der Waals surface area contributed by atoms with E-state index in [0.717, 1.165) is 38.9 Å². The van der Waals surface area contributed by atoms with Crippen molar-refractivity contribution in [3.8, 4) is 0 Å². The fourth-order valence-corrected chi connectivity index (χ4v) is 3.24. The van der Waals surface area contributed by atoms with Crippen LogP contribution in [0.3, 0.4) is 0 Å². The minimum atomic E-state index is -0.261. The average Bonchev–Trinajstić information content (AvgIpc) is 3.25. The summed E-state index contributed by atoms with van der Waals surface area (Å²) in [5, 5.41) is 2.86. The first-order valence-electron chi connectivity index (χ1n) is 7.34. The highest BCUT2D eigenvalue weighted by atomic mass is 16.5. The summed E-state index contributed by atoms with van der Waals surface area (Å²) in [6.07, 6.45) is 4.10. The number of amides is 2. The molecule has 0 aromatic heterocycles. The Labute approximate surface area is 113 Å². The molecule has 106 valence electrons. The van der Waals surface area contributed by atoms with Gasteiger partial charge in [0, 0.05) is 19.3 Å². The van der Waals surface area contributed by atoms with E-state index in [2.05, 4.69) is 12.2 Å². The zero-order chi connectivity index (χ0) is 13.4. The lowest BCUT2D eigenvalue weighted by atomic mass is 9.90. The SMILES string of the molecule is CC(C1CCOCC1)N1CC(=O)NC(C2CC2)C1=O. The van der Waals surface area contributed by atoms with Crippen molar-refractivity contribution in [1.82, 2.24) is 10.2 Å². The summed E-state index contributed by atoms with van der Waals surface area (Å²) in [4.78, 5) is 26.1. The fraction of sp³-hybridized carbons (Fsp3) is 0.857. The normalized spacial score (nSPS) is 31.2. The van der Waals surface area contributed by atoms with Gasteiger partial charge in [-0.25, -0.2) is 0 Å². The van der Waals surface area contributed by atoms with Crippen molar-refractivity contribution in [2.24, 2.45) is 11.8 Å². The standard InChI is InChI=1S/C14H22N2O3/c1-9(10-4-6-19-7-5-10)16-8-12(17)15-13(14(16)18)11-2-3-11/h9-11,13H,2-8H2,1H3,(H,15,17). The topological polar surface area (TPSA) is 58.6 Å². The Morgan fingerprint density at radius 3 is 2.53 bits per heavy atom. The minimum Gasteiger partial charge on any atom is -0.381 e. The van der Waals surface area contributed by atoms with E-state index in [9.17, 15) is 9.59 Å². The molecule has 5 heteroatoms. The van der Waals surface area contributed by atoms with Crippen molar-refractivity contribution < 1.29 is 14.3 Å². The van der Waals surface area contributed by atoms with Crippen molar-refractivity contribution in [3.05, 3.63) is 0 Å². The Hall–Kier alpha value is -1.10. The van der Waals surface area contributed by atoms with Gasteiger partial charge in [-0.1, -0.05) is 0 Å². The Morgan fingerprint density at radius 2 is 1.89 bits per heavy atom. The molecule has 1 saturated carbocycles. The average molecular weight is 266 g/mol. The lowest BCUT2D eigenvalue weighted by molar-refractivity contribution is -0.148. The van der Waals surface area contributed by atoms with Crippen LogP contribution in [-0.4, -0.2) is 48.6 Å². The predicted octanol–water partition coefficient (Wildman–Crippen LogP) is 0.538. The summed E-state index contributed by atoms with van der Waals surface area (Å²) in [6.45, 7) is 3.85. The molecule has 2 heterocycles. The van der Waals surface area contributed by atoms with Gasteiger partial charge in [0.1, 0.15) is 6.04 Å². The maximum atomic E-state index is 12.5. The summed E-state index contributed by atoms with van der Waals surface area (Å²) in [5.74, 6) is 0.959. The monoisotopic (exact) mass is 266 g/mol. The molecule has 0 radical (unpaired) electrons. The molecule has 0 bridgehead atoms. The van der Waals surface area contributed by atoms with Crippen molar-refractivity contribution in [2.45, 2.75) is 44.7 Å². The van der Waals surface area contributed by atoms with Gasteiger partial charge in [0.05, 0.1) is 6.54 Å². The van der Waals surface area contributed by atoms with Crippen molar-refractivity contribution in [2.75, 3.05) is 19.8 Å². The molecule has 19 heavy (non-hydrogen) atoms. The molecule has 1 N–H and O–H groups in total. The summed E-state index contributed by atoms with van der Waals surface area (Å²) in [6, 6.07) is -0.118. The van der Waals surface area contributed by atoms with Gasteiger partial charge < -0.3 is 15.0 Å². The van der Waals surface area contributed by atoms with Crippen molar-refractivity contribution >= 4 is 11.8 Å². The first-order chi connectivity index (χ1) is 9.16. The number of ether oxygens (including phenoxy) is 1. The molecular formula is C14H22N2O3. The van der Waals surface area contributed by atoms with Crippen LogP contribution < -0.4 is 5.32 Å². The molecule has 0 spiro atoms. The van der Waals surface area contributed by atoms with Crippen LogP contribution in [0.1, 0.15) is 32.6 Å². The van der Waals surface area contributed by atoms with E-state index < -0.39 is 0 Å². The molecule has 3 rings (SSSR count). The molecule has 0 aromatic rings. The number of hydrogen-bond acceptors (Lipinski definition) is 3. The molecule has 1 aliphatic carbocycles. The first kappa shape index (κ1) is 12.9. The predicted molar refractivity (Wildman–Crippen MR) is 69.4 cm³/mol. The van der Waals surface area contributed by atoms with E-state index >= 15 is 0 Å². The number of nitrogens with one attached hydrogen (secondary N) is 1. The lowest BCUT2D eigenvalue weighted by Crippen LogP contribution is -2.62. The largest absolute Gasteiger partial charge is 0.381 e. The third-order valence-electron chi connectivity index (χ3n) is 4.71.